The summed E-state index contributed by atoms with van der Waals surface area (Å²) >= 11 is 0. The summed E-state index contributed by atoms with van der Waals surface area (Å²) in [5.74, 6) is 1.46. The summed E-state index contributed by atoms with van der Waals surface area (Å²) in [5.41, 5.74) is 2.13. The van der Waals surface area contributed by atoms with Crippen molar-refractivity contribution in [2.45, 2.75) is 19.8 Å². The Hall–Kier alpha value is -1.31. The lowest BCUT2D eigenvalue weighted by Crippen LogP contribution is -1.97. The largest absolute Gasteiger partial charge is 0.326 e. The minimum Gasteiger partial charge on any atom is -0.326 e. The van der Waals surface area contributed by atoms with Gasteiger partial charge in [-0.1, -0.05) is 26.0 Å². The highest BCUT2D eigenvalue weighted by molar-refractivity contribution is 5.76. The van der Waals surface area contributed by atoms with E-state index in [0.29, 0.717) is 5.92 Å². The molecule has 2 nitrogen and oxygen atoms in total. The molecule has 1 aromatic heterocycles. The van der Waals surface area contributed by atoms with Gasteiger partial charge in [0.05, 0.1) is 11.0 Å². The maximum Gasteiger partial charge on any atom is 0.112 e. The summed E-state index contributed by atoms with van der Waals surface area (Å²) in [6, 6.07) is 8.07. The summed E-state index contributed by atoms with van der Waals surface area (Å²) in [6.07, 6.45) is 0. The fraction of sp³-hybridized carbons (Fsp3) is 0.273. The van der Waals surface area contributed by atoms with Crippen LogP contribution in [0, 0.1) is 7.05 Å². The maximum absolute atomic E-state index is 4.51. The third-order valence-corrected chi connectivity index (χ3v) is 2.20. The molecule has 2 rings (SSSR count). The SMILES string of the molecule is [CH2]n1c(C(C)C)nc2ccccc21. The van der Waals surface area contributed by atoms with Crippen molar-refractivity contribution in [3.8, 4) is 0 Å². The van der Waals surface area contributed by atoms with E-state index in [2.05, 4.69) is 25.9 Å². The number of nitrogens with zero attached hydrogens (tertiary/aromatic N) is 2. The molecule has 2 aromatic rings. The standard InChI is InChI=1S/C11H13N2/c1-8(2)11-12-9-6-4-5-7-10(9)13(11)3/h4-8H,3H2,1-2H3. The molecule has 0 atom stereocenters. The van der Waals surface area contributed by atoms with Crippen LogP contribution in [0.4, 0.5) is 0 Å². The Balaban J connectivity index is 2.74. The molecule has 0 aliphatic heterocycles. The average Bonchev–Trinajstić information content (AvgIpc) is 2.45. The van der Waals surface area contributed by atoms with Crippen LogP contribution in [0.25, 0.3) is 11.0 Å². The Morgan fingerprint density at radius 3 is 2.62 bits per heavy atom. The minimum atomic E-state index is 0.421. The van der Waals surface area contributed by atoms with Crippen LogP contribution in [0.15, 0.2) is 24.3 Å². The van der Waals surface area contributed by atoms with Gasteiger partial charge in [-0.25, -0.2) is 4.98 Å². The number of para-hydroxylation sites is 2. The van der Waals surface area contributed by atoms with Crippen molar-refractivity contribution in [1.29, 1.82) is 0 Å². The molecule has 0 spiro atoms. The fourth-order valence-corrected chi connectivity index (χ4v) is 1.53. The van der Waals surface area contributed by atoms with Crippen LogP contribution in [0.5, 0.6) is 0 Å². The molecule has 0 aliphatic rings. The molecule has 0 fully saturated rings. The molecule has 0 aliphatic carbocycles. The smallest absolute Gasteiger partial charge is 0.112 e. The van der Waals surface area contributed by atoms with E-state index in [0.717, 1.165) is 16.9 Å². The monoisotopic (exact) mass is 173 g/mol. The summed E-state index contributed by atoms with van der Waals surface area (Å²) in [7, 11) is 3.98. The Morgan fingerprint density at radius 1 is 1.31 bits per heavy atom. The molecule has 0 unspecified atom stereocenters. The van der Waals surface area contributed by atoms with Crippen LogP contribution >= 0.6 is 0 Å². The van der Waals surface area contributed by atoms with Crippen molar-refractivity contribution in [3.05, 3.63) is 37.1 Å². The molecule has 0 saturated carbocycles. The van der Waals surface area contributed by atoms with Gasteiger partial charge in [0.25, 0.3) is 0 Å². The predicted octanol–water partition coefficient (Wildman–Crippen LogP) is 2.80. The number of imidazole rings is 1. The van der Waals surface area contributed by atoms with Gasteiger partial charge in [-0.05, 0) is 12.1 Å². The van der Waals surface area contributed by atoms with Gasteiger partial charge in [0, 0.05) is 13.0 Å². The van der Waals surface area contributed by atoms with E-state index in [9.17, 15) is 0 Å². The van der Waals surface area contributed by atoms with Gasteiger partial charge in [-0.2, -0.15) is 0 Å². The first-order chi connectivity index (χ1) is 6.20. The summed E-state index contributed by atoms with van der Waals surface area (Å²) < 4.78 is 1.92. The zero-order valence-corrected chi connectivity index (χ0v) is 7.99. The van der Waals surface area contributed by atoms with Crippen LogP contribution in [-0.4, -0.2) is 9.55 Å². The van der Waals surface area contributed by atoms with Crippen LogP contribution in [0.3, 0.4) is 0 Å². The van der Waals surface area contributed by atoms with Gasteiger partial charge >= 0.3 is 0 Å². The molecule has 0 N–H and O–H groups in total. The number of rotatable bonds is 1. The summed E-state index contributed by atoms with van der Waals surface area (Å²) in [4.78, 5) is 4.51. The summed E-state index contributed by atoms with van der Waals surface area (Å²) in [6.45, 7) is 4.26. The van der Waals surface area contributed by atoms with Crippen molar-refractivity contribution in [2.24, 2.45) is 0 Å². The van der Waals surface area contributed by atoms with E-state index in [1.54, 1.807) is 0 Å². The van der Waals surface area contributed by atoms with Gasteiger partial charge in [0.1, 0.15) is 5.82 Å². The fourth-order valence-electron chi connectivity index (χ4n) is 1.53. The normalized spacial score (nSPS) is 11.4. The van der Waals surface area contributed by atoms with E-state index < -0.39 is 0 Å². The van der Waals surface area contributed by atoms with E-state index in [-0.39, 0.29) is 0 Å². The van der Waals surface area contributed by atoms with E-state index in [1.165, 1.54) is 0 Å². The van der Waals surface area contributed by atoms with Gasteiger partial charge in [-0.3, -0.25) is 0 Å². The lowest BCUT2D eigenvalue weighted by Gasteiger charge is -2.03. The lowest BCUT2D eigenvalue weighted by atomic mass is 10.2. The second-order valence-electron chi connectivity index (χ2n) is 3.54. The molecule has 13 heavy (non-hydrogen) atoms. The molecule has 1 radical (unpaired) electrons. The molecule has 0 bridgehead atoms. The van der Waals surface area contributed by atoms with E-state index >= 15 is 0 Å². The molecule has 67 valence electrons. The average molecular weight is 173 g/mol. The zero-order chi connectivity index (χ0) is 9.42. The highest BCUT2D eigenvalue weighted by atomic mass is 15.1. The predicted molar refractivity (Wildman–Crippen MR) is 54.6 cm³/mol. The Kier molecular flexibility index (Phi) is 1.83. The molecular weight excluding hydrogens is 160 g/mol. The van der Waals surface area contributed by atoms with Gasteiger partial charge in [-0.15, -0.1) is 0 Å². The Morgan fingerprint density at radius 2 is 2.00 bits per heavy atom. The number of fused-ring (bicyclic) bond motifs is 1. The Labute approximate surface area is 78.2 Å². The number of aromatic nitrogens is 2. The summed E-state index contributed by atoms with van der Waals surface area (Å²) in [5, 5.41) is 0. The van der Waals surface area contributed by atoms with Gasteiger partial charge < -0.3 is 4.57 Å². The van der Waals surface area contributed by atoms with Crippen LogP contribution in [-0.2, 0) is 0 Å². The maximum atomic E-state index is 4.51. The molecule has 0 saturated heterocycles. The first-order valence-electron chi connectivity index (χ1n) is 4.48. The number of benzene rings is 1. The van der Waals surface area contributed by atoms with E-state index in [4.69, 9.17) is 0 Å². The van der Waals surface area contributed by atoms with Gasteiger partial charge in [0.15, 0.2) is 0 Å². The highest BCUT2D eigenvalue weighted by Crippen LogP contribution is 2.19. The van der Waals surface area contributed by atoms with Crippen LogP contribution in [0.2, 0.25) is 0 Å². The third kappa shape index (κ3) is 1.22. The molecule has 1 heterocycles. The second kappa shape index (κ2) is 2.87. The quantitative estimate of drug-likeness (QED) is 0.648. The van der Waals surface area contributed by atoms with Crippen molar-refractivity contribution < 1.29 is 0 Å². The third-order valence-electron chi connectivity index (χ3n) is 2.20. The topological polar surface area (TPSA) is 17.8 Å². The van der Waals surface area contributed by atoms with Crippen molar-refractivity contribution in [2.75, 3.05) is 0 Å². The molecule has 2 heteroatoms. The number of hydrogen-bond donors (Lipinski definition) is 0. The Bertz CT molecular complexity index is 427. The van der Waals surface area contributed by atoms with Crippen molar-refractivity contribution in [1.82, 2.24) is 9.55 Å². The van der Waals surface area contributed by atoms with E-state index in [1.807, 2.05) is 28.8 Å². The number of hydrogen-bond acceptors (Lipinski definition) is 1. The first kappa shape index (κ1) is 8.30. The molecule has 0 amide bonds. The minimum absolute atomic E-state index is 0.421. The zero-order valence-electron chi connectivity index (χ0n) is 7.99. The van der Waals surface area contributed by atoms with Crippen LogP contribution < -0.4 is 0 Å². The lowest BCUT2D eigenvalue weighted by molar-refractivity contribution is 0.758. The van der Waals surface area contributed by atoms with Crippen LogP contribution in [0.1, 0.15) is 25.6 Å². The highest BCUT2D eigenvalue weighted by Gasteiger charge is 2.09. The first-order valence-corrected chi connectivity index (χ1v) is 4.48. The van der Waals surface area contributed by atoms with Gasteiger partial charge in [0.2, 0.25) is 0 Å². The van der Waals surface area contributed by atoms with Crippen molar-refractivity contribution >= 4 is 11.0 Å². The second-order valence-corrected chi connectivity index (χ2v) is 3.54. The molecule has 1 aromatic carbocycles. The molecular formula is C11H13N2. The van der Waals surface area contributed by atoms with Crippen molar-refractivity contribution in [3.63, 3.8) is 0 Å².